The Morgan fingerprint density at radius 1 is 0.938 bits per heavy atom. The Bertz CT molecular complexity index is 1250. The summed E-state index contributed by atoms with van der Waals surface area (Å²) in [6, 6.07) is 24.7. The SMILES string of the molecule is CN(CC(=O)Nc1ccc2sc(C(=O)Nc3ccccc3N)cc2c1)Cc1ccccc1. The summed E-state index contributed by atoms with van der Waals surface area (Å²) >= 11 is 1.40. The molecule has 0 aliphatic carbocycles. The number of carbonyl (C=O) groups excluding carboxylic acids is 2. The van der Waals surface area contributed by atoms with Crippen molar-refractivity contribution >= 4 is 50.3 Å². The van der Waals surface area contributed by atoms with Crippen molar-refractivity contribution in [1.82, 2.24) is 4.90 Å². The van der Waals surface area contributed by atoms with Crippen molar-refractivity contribution < 1.29 is 9.59 Å². The molecule has 0 saturated carbocycles. The summed E-state index contributed by atoms with van der Waals surface area (Å²) in [7, 11) is 1.92. The Balaban J connectivity index is 1.39. The molecule has 0 atom stereocenters. The van der Waals surface area contributed by atoms with E-state index < -0.39 is 0 Å². The van der Waals surface area contributed by atoms with Gasteiger partial charge in [0.2, 0.25) is 5.91 Å². The molecule has 1 aromatic heterocycles. The van der Waals surface area contributed by atoms with E-state index in [1.807, 2.05) is 78.7 Å². The van der Waals surface area contributed by atoms with Crippen molar-refractivity contribution in [2.75, 3.05) is 30.0 Å². The predicted molar refractivity (Wildman–Crippen MR) is 132 cm³/mol. The van der Waals surface area contributed by atoms with E-state index in [1.165, 1.54) is 11.3 Å². The largest absolute Gasteiger partial charge is 0.397 e. The molecule has 1 heterocycles. The van der Waals surface area contributed by atoms with Gasteiger partial charge >= 0.3 is 0 Å². The molecule has 7 heteroatoms. The monoisotopic (exact) mass is 444 g/mol. The first-order chi connectivity index (χ1) is 15.5. The van der Waals surface area contributed by atoms with Gasteiger partial charge in [-0.15, -0.1) is 11.3 Å². The molecule has 0 spiro atoms. The molecule has 0 radical (unpaired) electrons. The Labute approximate surface area is 190 Å². The first-order valence-electron chi connectivity index (χ1n) is 10.2. The third-order valence-electron chi connectivity index (χ3n) is 4.94. The number of nitrogens with two attached hydrogens (primary N) is 1. The average Bonchev–Trinajstić information content (AvgIpc) is 3.19. The van der Waals surface area contributed by atoms with E-state index in [9.17, 15) is 9.59 Å². The number of anilines is 3. The van der Waals surface area contributed by atoms with Crippen LogP contribution in [0, 0.1) is 0 Å². The molecule has 162 valence electrons. The Hall–Kier alpha value is -3.68. The van der Waals surface area contributed by atoms with Crippen LogP contribution in [0.2, 0.25) is 0 Å². The molecule has 0 unspecified atom stereocenters. The van der Waals surface area contributed by atoms with Crippen molar-refractivity contribution in [3.05, 3.63) is 89.3 Å². The van der Waals surface area contributed by atoms with Gasteiger partial charge < -0.3 is 16.4 Å². The van der Waals surface area contributed by atoms with Gasteiger partial charge in [-0.3, -0.25) is 14.5 Å². The number of nitrogens with one attached hydrogen (secondary N) is 2. The molecule has 0 fully saturated rings. The van der Waals surface area contributed by atoms with Crippen LogP contribution in [-0.2, 0) is 11.3 Å². The van der Waals surface area contributed by atoms with Crippen LogP contribution in [-0.4, -0.2) is 30.3 Å². The van der Waals surface area contributed by atoms with E-state index in [4.69, 9.17) is 5.73 Å². The van der Waals surface area contributed by atoms with Crippen molar-refractivity contribution in [2.24, 2.45) is 0 Å². The van der Waals surface area contributed by atoms with Crippen LogP contribution in [0.15, 0.2) is 78.9 Å². The summed E-state index contributed by atoms with van der Waals surface area (Å²) < 4.78 is 0.968. The lowest BCUT2D eigenvalue weighted by atomic mass is 10.2. The standard InChI is InChI=1S/C25H24N4O2S/c1-29(15-17-7-3-2-4-8-17)16-24(30)27-19-11-12-22-18(13-19)14-23(32-22)25(31)28-21-10-6-5-9-20(21)26/h2-14H,15-16,26H2,1H3,(H,27,30)(H,28,31). The minimum Gasteiger partial charge on any atom is -0.397 e. The number of amides is 2. The van der Waals surface area contributed by atoms with E-state index in [0.29, 0.717) is 28.5 Å². The van der Waals surface area contributed by atoms with E-state index in [2.05, 4.69) is 10.6 Å². The fourth-order valence-electron chi connectivity index (χ4n) is 3.42. The number of likely N-dealkylation sites (N-methyl/N-ethyl adjacent to an activating group) is 1. The molecule has 6 nitrogen and oxygen atoms in total. The summed E-state index contributed by atoms with van der Waals surface area (Å²) in [5, 5.41) is 6.69. The summed E-state index contributed by atoms with van der Waals surface area (Å²) in [5.41, 5.74) is 8.87. The van der Waals surface area contributed by atoms with Crippen molar-refractivity contribution in [3.8, 4) is 0 Å². The number of hydrogen-bond acceptors (Lipinski definition) is 5. The van der Waals surface area contributed by atoms with E-state index in [1.54, 1.807) is 12.1 Å². The maximum absolute atomic E-state index is 12.6. The molecule has 0 aliphatic heterocycles. The number of carbonyl (C=O) groups is 2. The van der Waals surface area contributed by atoms with Gasteiger partial charge in [0, 0.05) is 16.9 Å². The number of thiophene rings is 1. The van der Waals surface area contributed by atoms with Crippen LogP contribution >= 0.6 is 11.3 Å². The first-order valence-corrected chi connectivity index (χ1v) is 11.0. The quantitative estimate of drug-likeness (QED) is 0.357. The molecule has 4 rings (SSSR count). The van der Waals surface area contributed by atoms with E-state index in [0.717, 1.165) is 15.6 Å². The van der Waals surface area contributed by atoms with Crippen LogP contribution in [0.4, 0.5) is 17.1 Å². The number of para-hydroxylation sites is 2. The summed E-state index contributed by atoms with van der Waals surface area (Å²) in [4.78, 5) is 27.7. The first kappa shape index (κ1) is 21.5. The molecular weight excluding hydrogens is 420 g/mol. The van der Waals surface area contributed by atoms with Gasteiger partial charge in [-0.1, -0.05) is 42.5 Å². The molecule has 32 heavy (non-hydrogen) atoms. The van der Waals surface area contributed by atoms with E-state index in [-0.39, 0.29) is 18.4 Å². The lowest BCUT2D eigenvalue weighted by Gasteiger charge is -2.16. The zero-order chi connectivity index (χ0) is 22.5. The van der Waals surface area contributed by atoms with Crippen LogP contribution in [0.25, 0.3) is 10.1 Å². The number of fused-ring (bicyclic) bond motifs is 1. The average molecular weight is 445 g/mol. The number of nitrogen functional groups attached to an aromatic ring is 1. The van der Waals surface area contributed by atoms with Gasteiger partial charge in [-0.05, 0) is 54.4 Å². The third-order valence-corrected chi connectivity index (χ3v) is 6.06. The maximum atomic E-state index is 12.6. The predicted octanol–water partition coefficient (Wildman–Crippen LogP) is 4.81. The molecule has 4 aromatic rings. The van der Waals surface area contributed by atoms with Crippen molar-refractivity contribution in [1.29, 1.82) is 0 Å². The Kier molecular flexibility index (Phi) is 6.49. The highest BCUT2D eigenvalue weighted by atomic mass is 32.1. The highest BCUT2D eigenvalue weighted by Crippen LogP contribution is 2.29. The van der Waals surface area contributed by atoms with Crippen LogP contribution in [0.5, 0.6) is 0 Å². The lowest BCUT2D eigenvalue weighted by molar-refractivity contribution is -0.117. The smallest absolute Gasteiger partial charge is 0.265 e. The van der Waals surface area contributed by atoms with Gasteiger partial charge in [0.05, 0.1) is 22.8 Å². The number of hydrogen-bond donors (Lipinski definition) is 3. The summed E-state index contributed by atoms with van der Waals surface area (Å²) in [5.74, 6) is -0.298. The number of benzene rings is 3. The molecule has 4 N–H and O–H groups in total. The number of rotatable bonds is 7. The molecule has 0 saturated heterocycles. The van der Waals surface area contributed by atoms with Crippen LogP contribution in [0.3, 0.4) is 0 Å². The second-order valence-corrected chi connectivity index (χ2v) is 8.69. The molecular formula is C25H24N4O2S. The second-order valence-electron chi connectivity index (χ2n) is 7.61. The molecule has 0 bridgehead atoms. The fourth-order valence-corrected chi connectivity index (χ4v) is 4.36. The minimum atomic E-state index is -0.211. The second kappa shape index (κ2) is 9.64. The van der Waals surface area contributed by atoms with E-state index >= 15 is 0 Å². The van der Waals surface area contributed by atoms with Gasteiger partial charge in [-0.2, -0.15) is 0 Å². The Morgan fingerprint density at radius 2 is 1.69 bits per heavy atom. The molecule has 2 amide bonds. The minimum absolute atomic E-state index is 0.0875. The van der Waals surface area contributed by atoms with Gasteiger partial charge in [0.1, 0.15) is 0 Å². The van der Waals surface area contributed by atoms with Crippen molar-refractivity contribution in [2.45, 2.75) is 6.54 Å². The van der Waals surface area contributed by atoms with Gasteiger partial charge in [0.15, 0.2) is 0 Å². The van der Waals surface area contributed by atoms with Crippen molar-refractivity contribution in [3.63, 3.8) is 0 Å². The normalized spacial score (nSPS) is 10.9. The van der Waals surface area contributed by atoms with Gasteiger partial charge in [0.25, 0.3) is 5.91 Å². The van der Waals surface area contributed by atoms with Crippen LogP contribution < -0.4 is 16.4 Å². The highest BCUT2D eigenvalue weighted by molar-refractivity contribution is 7.20. The third kappa shape index (κ3) is 5.32. The van der Waals surface area contributed by atoms with Gasteiger partial charge in [-0.25, -0.2) is 0 Å². The number of nitrogens with zero attached hydrogens (tertiary/aromatic N) is 1. The fraction of sp³-hybridized carbons (Fsp3) is 0.120. The summed E-state index contributed by atoms with van der Waals surface area (Å²) in [6.45, 7) is 0.977. The Morgan fingerprint density at radius 3 is 2.47 bits per heavy atom. The summed E-state index contributed by atoms with van der Waals surface area (Å²) in [6.07, 6.45) is 0. The highest BCUT2D eigenvalue weighted by Gasteiger charge is 2.13. The molecule has 3 aromatic carbocycles. The lowest BCUT2D eigenvalue weighted by Crippen LogP contribution is -2.29. The van der Waals surface area contributed by atoms with Crippen LogP contribution in [0.1, 0.15) is 15.2 Å². The zero-order valence-corrected chi connectivity index (χ0v) is 18.5. The molecule has 0 aliphatic rings. The maximum Gasteiger partial charge on any atom is 0.265 e. The topological polar surface area (TPSA) is 87.5 Å². The zero-order valence-electron chi connectivity index (χ0n) is 17.7.